The van der Waals surface area contributed by atoms with Crippen LogP contribution in [-0.4, -0.2) is 74.3 Å². The number of benzene rings is 1. The van der Waals surface area contributed by atoms with Crippen LogP contribution >= 0.6 is 7.82 Å². The molecular formula is C20H33N2O8P. The van der Waals surface area contributed by atoms with Gasteiger partial charge in [-0.05, 0) is 39.4 Å². The Balaban J connectivity index is 2.52. The van der Waals surface area contributed by atoms with Crippen molar-refractivity contribution in [2.24, 2.45) is 5.73 Å². The molecule has 0 aliphatic rings. The number of carbonyl (C=O) groups is 2. The van der Waals surface area contributed by atoms with E-state index in [9.17, 15) is 19.0 Å². The molecule has 1 rings (SSSR count). The maximum atomic E-state index is 12.1. The molecule has 0 aliphatic heterocycles. The van der Waals surface area contributed by atoms with E-state index < -0.39 is 38.5 Å². The largest absolute Gasteiger partial charge is 0.472 e. The Morgan fingerprint density at radius 1 is 1.16 bits per heavy atom. The van der Waals surface area contributed by atoms with Crippen LogP contribution in [-0.2, 0) is 39.1 Å². The van der Waals surface area contributed by atoms with Crippen molar-refractivity contribution >= 4 is 19.8 Å². The minimum Gasteiger partial charge on any atom is -0.463 e. The number of ether oxygens (including phenoxy) is 2. The molecule has 0 bridgehead atoms. The van der Waals surface area contributed by atoms with E-state index in [2.05, 4.69) is 0 Å². The van der Waals surface area contributed by atoms with Gasteiger partial charge in [0.05, 0.1) is 6.61 Å². The number of hydrogen-bond acceptors (Lipinski definition) is 9. The van der Waals surface area contributed by atoms with Crippen molar-refractivity contribution < 1.29 is 37.6 Å². The van der Waals surface area contributed by atoms with Gasteiger partial charge in [0, 0.05) is 13.0 Å². The Bertz CT molecular complexity index is 714. The first-order valence-corrected chi connectivity index (χ1v) is 11.5. The summed E-state index contributed by atoms with van der Waals surface area (Å²) >= 11 is 0. The topological polar surface area (TPSA) is 138 Å². The lowest BCUT2D eigenvalue weighted by atomic mass is 10.1. The predicted molar refractivity (Wildman–Crippen MR) is 114 cm³/mol. The van der Waals surface area contributed by atoms with Gasteiger partial charge >= 0.3 is 19.8 Å². The molecule has 1 aromatic carbocycles. The molecule has 0 aromatic heterocycles. The summed E-state index contributed by atoms with van der Waals surface area (Å²) in [5, 5.41) is 0. The Morgan fingerprint density at radius 2 is 1.81 bits per heavy atom. The van der Waals surface area contributed by atoms with Gasteiger partial charge in [-0.2, -0.15) is 0 Å². The van der Waals surface area contributed by atoms with E-state index in [1.807, 2.05) is 30.3 Å². The first kappa shape index (κ1) is 27.2. The maximum absolute atomic E-state index is 12.1. The van der Waals surface area contributed by atoms with Crippen molar-refractivity contribution in [3.8, 4) is 0 Å². The summed E-state index contributed by atoms with van der Waals surface area (Å²) in [6.45, 7) is 0.991. The monoisotopic (exact) mass is 460 g/mol. The number of phosphoric ester groups is 1. The molecule has 11 heteroatoms. The van der Waals surface area contributed by atoms with Gasteiger partial charge in [-0.3, -0.25) is 18.6 Å². The Hall–Kier alpha value is -1.81. The highest BCUT2D eigenvalue weighted by molar-refractivity contribution is 7.47. The third kappa shape index (κ3) is 13.3. The Kier molecular flexibility index (Phi) is 12.5. The third-order valence-corrected chi connectivity index (χ3v) is 5.05. The second-order valence-electron chi connectivity index (χ2n) is 7.27. The molecule has 10 nitrogen and oxygen atoms in total. The zero-order valence-electron chi connectivity index (χ0n) is 18.3. The van der Waals surface area contributed by atoms with Crippen LogP contribution in [0.4, 0.5) is 0 Å². The number of nitrogens with two attached hydrogens (primary N) is 1. The summed E-state index contributed by atoms with van der Waals surface area (Å²) in [6.07, 6.45) is 0.279. The SMILES string of the molecule is CC(N)C(=O)OCC(COC(=O)CCCc1ccccc1)OP(=O)(O)OCCN(C)C. The molecule has 3 atom stereocenters. The lowest BCUT2D eigenvalue weighted by Crippen LogP contribution is -2.34. The highest BCUT2D eigenvalue weighted by Gasteiger charge is 2.29. The van der Waals surface area contributed by atoms with Crippen LogP contribution in [0.25, 0.3) is 0 Å². The molecule has 0 aliphatic carbocycles. The number of rotatable bonds is 15. The van der Waals surface area contributed by atoms with Gasteiger partial charge in [0.25, 0.3) is 0 Å². The first-order valence-electron chi connectivity index (χ1n) is 10.0. The fourth-order valence-electron chi connectivity index (χ4n) is 2.31. The molecule has 0 heterocycles. The summed E-state index contributed by atoms with van der Waals surface area (Å²) in [6, 6.07) is 8.83. The van der Waals surface area contributed by atoms with Crippen LogP contribution < -0.4 is 5.73 Å². The molecule has 0 spiro atoms. The highest BCUT2D eigenvalue weighted by atomic mass is 31.2. The van der Waals surface area contributed by atoms with Crippen LogP contribution in [0.15, 0.2) is 30.3 Å². The van der Waals surface area contributed by atoms with E-state index in [1.54, 1.807) is 19.0 Å². The average molecular weight is 460 g/mol. The molecular weight excluding hydrogens is 427 g/mol. The van der Waals surface area contributed by atoms with Crippen LogP contribution in [0.5, 0.6) is 0 Å². The van der Waals surface area contributed by atoms with E-state index in [0.717, 1.165) is 5.56 Å². The zero-order chi connectivity index (χ0) is 23.3. The third-order valence-electron chi connectivity index (χ3n) is 3.98. The summed E-state index contributed by atoms with van der Waals surface area (Å²) in [5.74, 6) is -1.21. The Morgan fingerprint density at radius 3 is 2.42 bits per heavy atom. The number of hydrogen-bond donors (Lipinski definition) is 2. The first-order chi connectivity index (χ1) is 14.6. The predicted octanol–water partition coefficient (Wildman–Crippen LogP) is 1.51. The summed E-state index contributed by atoms with van der Waals surface area (Å²) in [5.41, 5.74) is 6.54. The van der Waals surface area contributed by atoms with Crippen molar-refractivity contribution in [3.63, 3.8) is 0 Å². The molecule has 176 valence electrons. The molecule has 0 radical (unpaired) electrons. The van der Waals surface area contributed by atoms with Gasteiger partial charge in [-0.15, -0.1) is 0 Å². The standard InChI is InChI=1S/C20H33N2O8P/c1-16(21)20(24)28-15-18(30-31(25,26)29-13-12-22(2)3)14-27-19(23)11-7-10-17-8-5-4-6-9-17/h4-6,8-9,16,18H,7,10-15,21H2,1-3H3,(H,25,26). The fraction of sp³-hybridized carbons (Fsp3) is 0.600. The smallest absolute Gasteiger partial charge is 0.463 e. The molecule has 0 saturated heterocycles. The Labute approximate surface area is 183 Å². The number of carbonyl (C=O) groups excluding carboxylic acids is 2. The van der Waals surface area contributed by atoms with Gasteiger partial charge in [-0.1, -0.05) is 30.3 Å². The van der Waals surface area contributed by atoms with Crippen molar-refractivity contribution in [2.75, 3.05) is 40.5 Å². The van der Waals surface area contributed by atoms with Gasteiger partial charge < -0.3 is 25.0 Å². The number of phosphoric acid groups is 1. The minimum atomic E-state index is -4.45. The van der Waals surface area contributed by atoms with E-state index in [1.165, 1.54) is 6.92 Å². The molecule has 1 aromatic rings. The molecule has 31 heavy (non-hydrogen) atoms. The van der Waals surface area contributed by atoms with Gasteiger partial charge in [0.2, 0.25) is 0 Å². The summed E-state index contributed by atoms with van der Waals surface area (Å²) in [4.78, 5) is 35.3. The number of nitrogens with zero attached hydrogens (tertiary/aromatic N) is 1. The fourth-order valence-corrected chi connectivity index (χ4v) is 3.18. The van der Waals surface area contributed by atoms with Crippen LogP contribution in [0.3, 0.4) is 0 Å². The molecule has 3 N–H and O–H groups in total. The van der Waals surface area contributed by atoms with E-state index >= 15 is 0 Å². The lowest BCUT2D eigenvalue weighted by Gasteiger charge is -2.21. The van der Waals surface area contributed by atoms with Gasteiger partial charge in [-0.25, -0.2) is 4.57 Å². The second kappa shape index (κ2) is 14.3. The number of likely N-dealkylation sites (N-methyl/N-ethyl adjacent to an activating group) is 1. The normalized spacial score (nSPS) is 15.2. The summed E-state index contributed by atoms with van der Waals surface area (Å²) in [7, 11) is -0.895. The maximum Gasteiger partial charge on any atom is 0.472 e. The van der Waals surface area contributed by atoms with Crippen LogP contribution in [0, 0.1) is 0 Å². The molecule has 0 fully saturated rings. The van der Waals surface area contributed by atoms with Crippen molar-refractivity contribution in [3.05, 3.63) is 35.9 Å². The van der Waals surface area contributed by atoms with Gasteiger partial charge in [0.15, 0.2) is 0 Å². The van der Waals surface area contributed by atoms with E-state index in [4.69, 9.17) is 24.3 Å². The molecule has 3 unspecified atom stereocenters. The zero-order valence-corrected chi connectivity index (χ0v) is 19.2. The highest BCUT2D eigenvalue weighted by Crippen LogP contribution is 2.44. The van der Waals surface area contributed by atoms with Crippen LogP contribution in [0.2, 0.25) is 0 Å². The van der Waals surface area contributed by atoms with Crippen molar-refractivity contribution in [2.45, 2.75) is 38.3 Å². The van der Waals surface area contributed by atoms with Crippen molar-refractivity contribution in [1.29, 1.82) is 0 Å². The van der Waals surface area contributed by atoms with E-state index in [0.29, 0.717) is 19.4 Å². The molecule has 0 amide bonds. The van der Waals surface area contributed by atoms with E-state index in [-0.39, 0.29) is 19.6 Å². The minimum absolute atomic E-state index is 0.0492. The quantitative estimate of drug-likeness (QED) is 0.293. The average Bonchev–Trinajstić information content (AvgIpc) is 2.69. The lowest BCUT2D eigenvalue weighted by molar-refractivity contribution is -0.152. The number of aryl methyl sites for hydroxylation is 1. The summed E-state index contributed by atoms with van der Waals surface area (Å²) < 4.78 is 32.2. The number of esters is 2. The molecule has 0 saturated carbocycles. The second-order valence-corrected chi connectivity index (χ2v) is 8.68. The van der Waals surface area contributed by atoms with Crippen molar-refractivity contribution in [1.82, 2.24) is 4.90 Å². The van der Waals surface area contributed by atoms with Gasteiger partial charge in [0.1, 0.15) is 25.4 Å². The van der Waals surface area contributed by atoms with Crippen LogP contribution in [0.1, 0.15) is 25.3 Å².